The molecule has 0 aliphatic rings. The van der Waals surface area contributed by atoms with Gasteiger partial charge in [-0.2, -0.15) is 0 Å². The summed E-state index contributed by atoms with van der Waals surface area (Å²) in [5.41, 5.74) is 0.0356. The van der Waals surface area contributed by atoms with Gasteiger partial charge in [0, 0.05) is 0 Å². The number of rotatable bonds is 1. The highest BCUT2D eigenvalue weighted by Gasteiger charge is 2.06. The van der Waals surface area contributed by atoms with E-state index in [0.29, 0.717) is 0 Å². The van der Waals surface area contributed by atoms with E-state index in [1.165, 1.54) is 0 Å². The number of nitrogens with zero attached hydrogens (tertiary/aromatic N) is 1. The molecule has 1 aromatic heterocycles. The molecule has 1 aromatic carbocycles. The molecule has 0 spiro atoms. The van der Waals surface area contributed by atoms with Crippen LogP contribution in [0.25, 0.3) is 10.2 Å². The fraction of sp³-hybridized carbons (Fsp3) is 0. The van der Waals surface area contributed by atoms with Crippen LogP contribution in [-0.2, 0) is 11.1 Å². The molecule has 62 valence electrons. The van der Waals surface area contributed by atoms with E-state index in [1.807, 2.05) is 0 Å². The average molecular weight is 203 g/mol. The van der Waals surface area contributed by atoms with Crippen molar-refractivity contribution in [2.45, 2.75) is 4.34 Å². The average Bonchev–Trinajstić information content (AvgIpc) is 2.68. The molecule has 0 radical (unpaired) electrons. The molecular weight excluding hydrogens is 194 g/mol. The third-order valence-corrected chi connectivity index (χ3v) is 3.01. The lowest BCUT2D eigenvalue weighted by Gasteiger charge is -1.80. The Bertz CT molecular complexity index is 567. The molecule has 5 heteroatoms. The predicted molar refractivity (Wildman–Crippen MR) is 48.7 cm³/mol. The van der Waals surface area contributed by atoms with Gasteiger partial charge < -0.3 is 4.55 Å². The highest BCUT2D eigenvalue weighted by atomic mass is 32.2. The van der Waals surface area contributed by atoms with Crippen LogP contribution in [0.4, 0.5) is 0 Å². The van der Waals surface area contributed by atoms with E-state index in [9.17, 15) is 4.21 Å². The van der Waals surface area contributed by atoms with Crippen molar-refractivity contribution in [1.29, 1.82) is 0 Å². The molecule has 1 N–H and O–H groups in total. The highest BCUT2D eigenvalue weighted by Crippen LogP contribution is 2.22. The van der Waals surface area contributed by atoms with Crippen LogP contribution < -0.4 is 0 Å². The molecule has 1 atom stereocenters. The van der Waals surface area contributed by atoms with E-state index in [2.05, 4.69) is 4.98 Å². The van der Waals surface area contributed by atoms with Gasteiger partial charge in [-0.1, -0.05) is 12.1 Å². The molecule has 1 unspecified atom stereocenters. The fourth-order valence-corrected chi connectivity index (χ4v) is 2.03. The van der Waals surface area contributed by atoms with Crippen molar-refractivity contribution in [3.8, 4) is 0 Å². The van der Waals surface area contributed by atoms with Gasteiger partial charge in [-0.25, -0.2) is 9.19 Å². The van der Waals surface area contributed by atoms with Crippen LogP contribution in [0.1, 0.15) is 5.48 Å². The maximum atomic E-state index is 10.8. The van der Waals surface area contributed by atoms with Crippen molar-refractivity contribution in [2.75, 3.05) is 0 Å². The Morgan fingerprint density at radius 2 is 2.33 bits per heavy atom. The zero-order chi connectivity index (χ0) is 12.0. The summed E-state index contributed by atoms with van der Waals surface area (Å²) in [5.74, 6) is 0. The van der Waals surface area contributed by atoms with E-state index in [4.69, 9.17) is 10.0 Å². The minimum atomic E-state index is -2.27. The Morgan fingerprint density at radius 3 is 3.08 bits per heavy atom. The number of para-hydroxylation sites is 1. The standard InChI is InChI=1S/C7H5NO2S2/c9-12(10)7-8-5-3-1-2-4-6(5)11-7/h1-4H,(H,9,10)/i1D,2D,3D,4D. The van der Waals surface area contributed by atoms with Gasteiger partial charge in [0.1, 0.15) is 0 Å². The number of thiazole rings is 1. The van der Waals surface area contributed by atoms with Crippen LogP contribution in [0.15, 0.2) is 28.5 Å². The Morgan fingerprint density at radius 1 is 1.58 bits per heavy atom. The zero-order valence-electron chi connectivity index (χ0n) is 9.62. The molecule has 3 nitrogen and oxygen atoms in total. The van der Waals surface area contributed by atoms with Crippen LogP contribution in [-0.4, -0.2) is 13.7 Å². The quantitative estimate of drug-likeness (QED) is 0.720. The summed E-state index contributed by atoms with van der Waals surface area (Å²) in [6.45, 7) is 0. The van der Waals surface area contributed by atoms with Crippen molar-refractivity contribution < 1.29 is 14.2 Å². The Labute approximate surface area is 81.0 Å². The first-order valence-electron chi connectivity index (χ1n) is 4.91. The van der Waals surface area contributed by atoms with Gasteiger partial charge in [0.2, 0.25) is 15.4 Å². The lowest BCUT2D eigenvalue weighted by molar-refractivity contribution is 0.564. The summed E-state index contributed by atoms with van der Waals surface area (Å²) in [6.07, 6.45) is 0. The zero-order valence-corrected chi connectivity index (χ0v) is 7.25. The maximum absolute atomic E-state index is 10.8. The molecule has 2 rings (SSSR count). The third kappa shape index (κ3) is 1.26. The van der Waals surface area contributed by atoms with Gasteiger partial charge in [0.15, 0.2) is 0 Å². The highest BCUT2D eigenvalue weighted by molar-refractivity contribution is 7.81. The Kier molecular flexibility index (Phi) is 1.09. The van der Waals surface area contributed by atoms with Gasteiger partial charge in [-0.15, -0.1) is 11.3 Å². The Hall–Kier alpha value is -0.780. The number of benzene rings is 1. The minimum Gasteiger partial charge on any atom is -0.300 e. The molecular formula is C7H5NO2S2. The van der Waals surface area contributed by atoms with E-state index in [-0.39, 0.29) is 32.7 Å². The van der Waals surface area contributed by atoms with E-state index in [1.54, 1.807) is 0 Å². The molecule has 2 aromatic rings. The Balaban J connectivity index is 2.92. The maximum Gasteiger partial charge on any atom is 0.216 e. The lowest BCUT2D eigenvalue weighted by atomic mass is 10.3. The molecule has 0 amide bonds. The van der Waals surface area contributed by atoms with Crippen molar-refractivity contribution in [3.05, 3.63) is 24.2 Å². The van der Waals surface area contributed by atoms with E-state index >= 15 is 0 Å². The summed E-state index contributed by atoms with van der Waals surface area (Å²) < 4.78 is 49.7. The third-order valence-electron chi connectivity index (χ3n) is 1.18. The second-order valence-electron chi connectivity index (χ2n) is 1.91. The van der Waals surface area contributed by atoms with Gasteiger partial charge in [-0.05, 0) is 12.1 Å². The normalized spacial score (nSPS) is 18.1. The van der Waals surface area contributed by atoms with Crippen LogP contribution in [0, 0.1) is 0 Å². The van der Waals surface area contributed by atoms with Crippen molar-refractivity contribution in [2.24, 2.45) is 0 Å². The number of fused-ring (bicyclic) bond motifs is 1. The van der Waals surface area contributed by atoms with E-state index < -0.39 is 17.1 Å². The van der Waals surface area contributed by atoms with Gasteiger partial charge in [-0.3, -0.25) is 0 Å². The molecule has 0 bridgehead atoms. The lowest BCUT2D eigenvalue weighted by Crippen LogP contribution is -1.84. The number of hydrogen-bond donors (Lipinski definition) is 1. The van der Waals surface area contributed by atoms with Crippen LogP contribution in [0.2, 0.25) is 0 Å². The largest absolute Gasteiger partial charge is 0.300 e. The van der Waals surface area contributed by atoms with Gasteiger partial charge >= 0.3 is 0 Å². The molecule has 0 aliphatic carbocycles. The number of hydrogen-bond acceptors (Lipinski definition) is 3. The first-order chi connectivity index (χ1) is 7.43. The molecule has 1 heterocycles. The SMILES string of the molecule is [2H]c1c([2H])c([2H])c2sc(S(=O)O)nc2c1[2H]. The van der Waals surface area contributed by atoms with Crippen LogP contribution in [0.3, 0.4) is 0 Å². The van der Waals surface area contributed by atoms with Crippen molar-refractivity contribution in [1.82, 2.24) is 4.98 Å². The molecule has 0 aliphatic heterocycles. The fourth-order valence-electron chi connectivity index (χ4n) is 0.723. The van der Waals surface area contributed by atoms with E-state index in [0.717, 1.165) is 11.3 Å². The molecule has 12 heavy (non-hydrogen) atoms. The number of aromatic nitrogens is 1. The summed E-state index contributed by atoms with van der Waals surface area (Å²) >= 11 is -1.48. The molecule has 0 saturated heterocycles. The summed E-state index contributed by atoms with van der Waals surface area (Å²) in [6, 6.07) is -1.27. The van der Waals surface area contributed by atoms with Crippen molar-refractivity contribution in [3.63, 3.8) is 0 Å². The minimum absolute atomic E-state index is 0.0356. The van der Waals surface area contributed by atoms with Crippen molar-refractivity contribution >= 4 is 32.6 Å². The van der Waals surface area contributed by atoms with Crippen LogP contribution in [0.5, 0.6) is 0 Å². The first-order valence-corrected chi connectivity index (χ1v) is 4.83. The second-order valence-corrected chi connectivity index (χ2v) is 4.05. The van der Waals surface area contributed by atoms with Gasteiger partial charge in [0.25, 0.3) is 0 Å². The molecule has 0 fully saturated rings. The second kappa shape index (κ2) is 2.93. The predicted octanol–water partition coefficient (Wildman–Crippen LogP) is 1.88. The van der Waals surface area contributed by atoms with Gasteiger partial charge in [0.05, 0.1) is 15.7 Å². The first kappa shape index (κ1) is 4.45. The molecule has 0 saturated carbocycles. The summed E-state index contributed by atoms with van der Waals surface area (Å²) in [7, 11) is 0. The van der Waals surface area contributed by atoms with Crippen LogP contribution >= 0.6 is 11.3 Å². The summed E-state index contributed by atoms with van der Waals surface area (Å²) in [5, 5.41) is 0. The smallest absolute Gasteiger partial charge is 0.216 e. The monoisotopic (exact) mass is 203 g/mol. The summed E-state index contributed by atoms with van der Waals surface area (Å²) in [4.78, 5) is 3.73. The topological polar surface area (TPSA) is 50.2 Å².